The number of hydrogen-bond acceptors (Lipinski definition) is 5. The number of benzene rings is 2. The summed E-state index contributed by atoms with van der Waals surface area (Å²) in [5, 5.41) is 17.5. The van der Waals surface area contributed by atoms with E-state index in [1.54, 1.807) is 13.3 Å². The van der Waals surface area contributed by atoms with Crippen molar-refractivity contribution >= 4 is 12.1 Å². The van der Waals surface area contributed by atoms with Gasteiger partial charge in [-0.15, -0.1) is 10.2 Å². The van der Waals surface area contributed by atoms with Gasteiger partial charge in [0, 0.05) is 43.9 Å². The number of nitrogens with zero attached hydrogens (tertiary/aromatic N) is 5. The van der Waals surface area contributed by atoms with Crippen LogP contribution in [0.3, 0.4) is 0 Å². The first kappa shape index (κ1) is 22.4. The third-order valence-electron chi connectivity index (χ3n) is 6.35. The Hall–Kier alpha value is -3.79. The first-order chi connectivity index (χ1) is 16.0. The number of rotatable bonds is 5. The maximum atomic E-state index is 13.4. The van der Waals surface area contributed by atoms with E-state index < -0.39 is 0 Å². The first-order valence-electron chi connectivity index (χ1n) is 11.2. The lowest BCUT2D eigenvalue weighted by Gasteiger charge is -2.32. The van der Waals surface area contributed by atoms with E-state index in [1.807, 2.05) is 55.1 Å². The van der Waals surface area contributed by atoms with Crippen molar-refractivity contribution in [1.82, 2.24) is 20.1 Å². The van der Waals surface area contributed by atoms with E-state index in [0.29, 0.717) is 29.3 Å². The van der Waals surface area contributed by atoms with Gasteiger partial charge in [0.2, 0.25) is 0 Å². The van der Waals surface area contributed by atoms with Gasteiger partial charge in [0.1, 0.15) is 5.82 Å². The van der Waals surface area contributed by atoms with Gasteiger partial charge in [0.05, 0.1) is 11.6 Å². The number of likely N-dealkylation sites (tertiary alicyclic amines) is 1. The maximum absolute atomic E-state index is 13.4. The Bertz CT molecular complexity index is 1210. The second-order valence-electron chi connectivity index (χ2n) is 8.55. The van der Waals surface area contributed by atoms with Gasteiger partial charge in [-0.2, -0.15) is 5.26 Å². The molecule has 7 heteroatoms. The van der Waals surface area contributed by atoms with Gasteiger partial charge < -0.3 is 14.9 Å². The van der Waals surface area contributed by atoms with Crippen LogP contribution in [0.25, 0.3) is 11.4 Å². The van der Waals surface area contributed by atoms with Crippen LogP contribution in [-0.4, -0.2) is 52.3 Å². The summed E-state index contributed by atoms with van der Waals surface area (Å²) in [5.41, 5.74) is 5.53. The smallest absolute Gasteiger partial charge is 0.254 e. The molecule has 1 fully saturated rings. The van der Waals surface area contributed by atoms with Gasteiger partial charge in [-0.25, -0.2) is 0 Å². The van der Waals surface area contributed by atoms with Crippen LogP contribution >= 0.6 is 0 Å². The SMILES string of the molecule is C/N=C\Cc1nnc(-c2cc(C(=O)N3CCC(c4ccc(C#N)cc4)CC3)c(C)cc2C)[nH]1. The van der Waals surface area contributed by atoms with Gasteiger partial charge in [-0.3, -0.25) is 4.79 Å². The zero-order valence-electron chi connectivity index (χ0n) is 19.3. The minimum Gasteiger partial charge on any atom is -0.339 e. The predicted octanol–water partition coefficient (Wildman–Crippen LogP) is 4.22. The summed E-state index contributed by atoms with van der Waals surface area (Å²) < 4.78 is 0. The average molecular weight is 441 g/mol. The molecule has 2 aromatic carbocycles. The molecule has 0 unspecified atom stereocenters. The largest absolute Gasteiger partial charge is 0.339 e. The van der Waals surface area contributed by atoms with Gasteiger partial charge >= 0.3 is 0 Å². The number of amides is 1. The van der Waals surface area contributed by atoms with Crippen LogP contribution < -0.4 is 0 Å². The highest BCUT2D eigenvalue weighted by Crippen LogP contribution is 2.30. The van der Waals surface area contributed by atoms with Crippen LogP contribution in [0.4, 0.5) is 0 Å². The van der Waals surface area contributed by atoms with E-state index in [4.69, 9.17) is 5.26 Å². The topological polar surface area (TPSA) is 98.0 Å². The Morgan fingerprint density at radius 1 is 1.18 bits per heavy atom. The highest BCUT2D eigenvalue weighted by molar-refractivity contribution is 5.97. The van der Waals surface area contributed by atoms with Crippen LogP contribution in [0.2, 0.25) is 0 Å². The minimum atomic E-state index is 0.0601. The second-order valence-corrected chi connectivity index (χ2v) is 8.55. The highest BCUT2D eigenvalue weighted by Gasteiger charge is 2.26. The van der Waals surface area contributed by atoms with E-state index in [-0.39, 0.29) is 5.91 Å². The maximum Gasteiger partial charge on any atom is 0.254 e. The fraction of sp³-hybridized carbons (Fsp3) is 0.346. The van der Waals surface area contributed by atoms with Crippen LogP contribution in [0, 0.1) is 25.2 Å². The molecule has 0 spiro atoms. The number of hydrogen-bond donors (Lipinski definition) is 1. The number of aliphatic imine (C=N–C) groups is 1. The van der Waals surface area contributed by atoms with Crippen molar-refractivity contribution in [2.24, 2.45) is 4.99 Å². The molecule has 0 aliphatic carbocycles. The van der Waals surface area contributed by atoms with Crippen molar-refractivity contribution in [3.63, 3.8) is 0 Å². The Balaban J connectivity index is 1.49. The molecule has 168 valence electrons. The molecule has 1 N–H and O–H groups in total. The predicted molar refractivity (Wildman–Crippen MR) is 128 cm³/mol. The zero-order valence-corrected chi connectivity index (χ0v) is 19.3. The third-order valence-corrected chi connectivity index (χ3v) is 6.35. The molecular weight excluding hydrogens is 412 g/mol. The van der Waals surface area contributed by atoms with Crippen molar-refractivity contribution in [2.75, 3.05) is 20.1 Å². The molecule has 0 bridgehead atoms. The van der Waals surface area contributed by atoms with Gasteiger partial charge in [0.15, 0.2) is 5.82 Å². The Morgan fingerprint density at radius 3 is 2.58 bits per heavy atom. The lowest BCUT2D eigenvalue weighted by Crippen LogP contribution is -2.38. The quantitative estimate of drug-likeness (QED) is 0.601. The summed E-state index contributed by atoms with van der Waals surface area (Å²) in [5.74, 6) is 1.88. The molecule has 0 atom stereocenters. The van der Waals surface area contributed by atoms with Crippen molar-refractivity contribution in [1.29, 1.82) is 5.26 Å². The van der Waals surface area contributed by atoms with Gasteiger partial charge in [-0.05, 0) is 67.5 Å². The molecule has 2 heterocycles. The molecule has 7 nitrogen and oxygen atoms in total. The summed E-state index contributed by atoms with van der Waals surface area (Å²) in [6.07, 6.45) is 4.21. The van der Waals surface area contributed by atoms with Crippen molar-refractivity contribution in [3.8, 4) is 17.5 Å². The fourth-order valence-corrected chi connectivity index (χ4v) is 4.44. The number of carbonyl (C=O) groups excluding carboxylic acids is 1. The number of aryl methyl sites for hydroxylation is 2. The number of nitriles is 1. The Kier molecular flexibility index (Phi) is 6.64. The van der Waals surface area contributed by atoms with E-state index in [0.717, 1.165) is 48.4 Å². The van der Waals surface area contributed by atoms with E-state index in [1.165, 1.54) is 5.56 Å². The molecule has 3 aromatic rings. The van der Waals surface area contributed by atoms with Crippen LogP contribution in [0.1, 0.15) is 57.2 Å². The van der Waals surface area contributed by atoms with Crippen molar-refractivity contribution in [2.45, 2.75) is 39.0 Å². The highest BCUT2D eigenvalue weighted by atomic mass is 16.2. The van der Waals surface area contributed by atoms with Crippen LogP contribution in [0.5, 0.6) is 0 Å². The van der Waals surface area contributed by atoms with Gasteiger partial charge in [-0.1, -0.05) is 18.2 Å². The molecule has 4 rings (SSSR count). The molecular formula is C26H28N6O. The summed E-state index contributed by atoms with van der Waals surface area (Å²) in [7, 11) is 1.73. The molecule has 1 aliphatic rings. The molecule has 1 aromatic heterocycles. The molecule has 0 saturated carbocycles. The summed E-state index contributed by atoms with van der Waals surface area (Å²) in [6.45, 7) is 5.44. The lowest BCUT2D eigenvalue weighted by atomic mass is 9.88. The third kappa shape index (κ3) is 4.85. The molecule has 33 heavy (non-hydrogen) atoms. The number of nitrogens with one attached hydrogen (secondary N) is 1. The van der Waals surface area contributed by atoms with Gasteiger partial charge in [0.25, 0.3) is 5.91 Å². The second kappa shape index (κ2) is 9.78. The number of piperidine rings is 1. The number of aromatic amines is 1. The molecule has 1 aliphatic heterocycles. The Morgan fingerprint density at radius 2 is 1.91 bits per heavy atom. The Labute approximate surface area is 194 Å². The zero-order chi connectivity index (χ0) is 23.4. The van der Waals surface area contributed by atoms with Crippen LogP contribution in [0.15, 0.2) is 41.4 Å². The number of aromatic nitrogens is 3. The average Bonchev–Trinajstić information content (AvgIpc) is 3.31. The molecule has 0 radical (unpaired) electrons. The van der Waals surface area contributed by atoms with E-state index >= 15 is 0 Å². The number of H-pyrrole nitrogens is 1. The van der Waals surface area contributed by atoms with Crippen LogP contribution in [-0.2, 0) is 6.42 Å². The monoisotopic (exact) mass is 440 g/mol. The van der Waals surface area contributed by atoms with Crippen molar-refractivity contribution < 1.29 is 4.79 Å². The normalized spacial score (nSPS) is 14.5. The summed E-state index contributed by atoms with van der Waals surface area (Å²) >= 11 is 0. The summed E-state index contributed by atoms with van der Waals surface area (Å²) in [6, 6.07) is 14.0. The molecule has 1 saturated heterocycles. The molecule has 1 amide bonds. The van der Waals surface area contributed by atoms with E-state index in [2.05, 4.69) is 26.2 Å². The number of carbonyl (C=O) groups is 1. The van der Waals surface area contributed by atoms with Crippen molar-refractivity contribution in [3.05, 3.63) is 70.0 Å². The standard InChI is InChI=1S/C26H28N6O/c1-17-14-18(2)23(15-22(17)25-29-24(30-31-25)8-11-28-3)26(33)32-12-9-21(10-13-32)20-6-4-19(16-27)5-7-20/h4-7,11,14-15,21H,8-10,12-13H2,1-3H3,(H,29,30,31)/b28-11-. The summed E-state index contributed by atoms with van der Waals surface area (Å²) in [4.78, 5) is 22.6. The fourth-order valence-electron chi connectivity index (χ4n) is 4.44. The minimum absolute atomic E-state index is 0.0601. The van der Waals surface area contributed by atoms with E-state index in [9.17, 15) is 4.79 Å². The lowest BCUT2D eigenvalue weighted by molar-refractivity contribution is 0.0712. The first-order valence-corrected chi connectivity index (χ1v) is 11.2.